The fraction of sp³-hybridized carbons (Fsp3) is 0.286. The maximum atomic E-state index is 11.4. The number of benzene rings is 1. The predicted octanol–water partition coefficient (Wildman–Crippen LogP) is 3.43. The molecular weight excluding hydrogens is 262 g/mol. The zero-order valence-corrected chi connectivity index (χ0v) is 11.9. The molecule has 0 aliphatic rings. The average Bonchev–Trinajstić information content (AvgIpc) is 2.74. The third-order valence-corrected chi connectivity index (χ3v) is 3.66. The van der Waals surface area contributed by atoms with Crippen LogP contribution in [0.4, 0.5) is 0 Å². The highest BCUT2D eigenvalue weighted by atomic mass is 32.1. The van der Waals surface area contributed by atoms with Crippen LogP contribution in [0.15, 0.2) is 18.2 Å². The Bertz CT molecular complexity index is 619. The van der Waals surface area contributed by atoms with Crippen molar-refractivity contribution in [1.82, 2.24) is 4.98 Å². The van der Waals surface area contributed by atoms with Gasteiger partial charge in [-0.3, -0.25) is 4.79 Å². The number of aromatic nitrogens is 1. The number of hydrogen-bond acceptors (Lipinski definition) is 5. The van der Waals surface area contributed by atoms with Crippen molar-refractivity contribution in [2.75, 3.05) is 6.61 Å². The molecule has 0 aliphatic heterocycles. The van der Waals surface area contributed by atoms with Crippen molar-refractivity contribution in [2.45, 2.75) is 20.8 Å². The number of Topliss-reactive ketones (excluding diaryl/α,β-unsaturated/α-hetero) is 1. The van der Waals surface area contributed by atoms with Gasteiger partial charge < -0.3 is 9.84 Å². The van der Waals surface area contributed by atoms with Gasteiger partial charge in [-0.25, -0.2) is 4.98 Å². The molecule has 0 aliphatic carbocycles. The van der Waals surface area contributed by atoms with Crippen LogP contribution in [0.2, 0.25) is 0 Å². The van der Waals surface area contributed by atoms with E-state index in [1.165, 1.54) is 18.3 Å². The fourth-order valence-corrected chi connectivity index (χ4v) is 2.72. The number of rotatable bonds is 4. The third-order valence-electron chi connectivity index (χ3n) is 2.64. The first kappa shape index (κ1) is 13.5. The fourth-order valence-electron chi connectivity index (χ4n) is 1.76. The number of aryl methyl sites for hydroxylation is 1. The molecule has 4 nitrogen and oxygen atoms in total. The van der Waals surface area contributed by atoms with Gasteiger partial charge in [0.1, 0.15) is 10.7 Å². The van der Waals surface area contributed by atoms with Crippen molar-refractivity contribution < 1.29 is 14.6 Å². The van der Waals surface area contributed by atoms with Gasteiger partial charge in [0.15, 0.2) is 17.3 Å². The van der Waals surface area contributed by atoms with Crippen molar-refractivity contribution >= 4 is 17.1 Å². The van der Waals surface area contributed by atoms with Crippen LogP contribution in [0.25, 0.3) is 10.6 Å². The number of carbonyl (C=O) groups excluding carboxylic acids is 1. The van der Waals surface area contributed by atoms with Crippen LogP contribution in [-0.4, -0.2) is 22.5 Å². The monoisotopic (exact) mass is 277 g/mol. The summed E-state index contributed by atoms with van der Waals surface area (Å²) in [5.74, 6) is 0.492. The van der Waals surface area contributed by atoms with Gasteiger partial charge in [-0.2, -0.15) is 0 Å². The number of phenolic OH excluding ortho intramolecular Hbond substituents is 1. The van der Waals surface area contributed by atoms with Gasteiger partial charge in [-0.15, -0.1) is 11.3 Å². The number of ether oxygens (including phenoxy) is 1. The SMILES string of the molecule is CCOc1cc(-c2nc(C(C)=O)c(C)s2)ccc1O. The first-order valence-corrected chi connectivity index (χ1v) is 6.79. The predicted molar refractivity (Wildman–Crippen MR) is 75.1 cm³/mol. The molecule has 0 radical (unpaired) electrons. The minimum atomic E-state index is -0.0381. The summed E-state index contributed by atoms with van der Waals surface area (Å²) in [4.78, 5) is 16.7. The number of thiazole rings is 1. The normalized spacial score (nSPS) is 10.5. The number of phenols is 1. The van der Waals surface area contributed by atoms with E-state index >= 15 is 0 Å². The average molecular weight is 277 g/mol. The van der Waals surface area contributed by atoms with E-state index in [9.17, 15) is 9.90 Å². The number of nitrogens with zero attached hydrogens (tertiary/aromatic N) is 1. The lowest BCUT2D eigenvalue weighted by atomic mass is 10.2. The molecule has 0 amide bonds. The molecule has 0 fully saturated rings. The zero-order valence-electron chi connectivity index (χ0n) is 11.1. The molecule has 5 heteroatoms. The summed E-state index contributed by atoms with van der Waals surface area (Å²) < 4.78 is 5.34. The molecule has 1 N–H and O–H groups in total. The zero-order chi connectivity index (χ0) is 14.0. The molecule has 0 spiro atoms. The van der Waals surface area contributed by atoms with Crippen LogP contribution in [0.1, 0.15) is 29.2 Å². The summed E-state index contributed by atoms with van der Waals surface area (Å²) in [5.41, 5.74) is 1.34. The van der Waals surface area contributed by atoms with Crippen LogP contribution < -0.4 is 4.74 Å². The van der Waals surface area contributed by atoms with Crippen LogP contribution in [0.5, 0.6) is 11.5 Å². The van der Waals surface area contributed by atoms with E-state index < -0.39 is 0 Å². The lowest BCUT2D eigenvalue weighted by molar-refractivity contribution is 0.101. The van der Waals surface area contributed by atoms with Crippen molar-refractivity contribution in [3.63, 3.8) is 0 Å². The highest BCUT2D eigenvalue weighted by Crippen LogP contribution is 2.34. The lowest BCUT2D eigenvalue weighted by Gasteiger charge is -2.06. The number of aromatic hydroxyl groups is 1. The van der Waals surface area contributed by atoms with E-state index in [4.69, 9.17) is 4.74 Å². The summed E-state index contributed by atoms with van der Waals surface area (Å²) in [6.07, 6.45) is 0. The molecule has 1 heterocycles. The molecule has 1 aromatic carbocycles. The Kier molecular flexibility index (Phi) is 3.85. The summed E-state index contributed by atoms with van der Waals surface area (Å²) in [7, 11) is 0. The largest absolute Gasteiger partial charge is 0.504 e. The van der Waals surface area contributed by atoms with Crippen LogP contribution in [0.3, 0.4) is 0 Å². The summed E-state index contributed by atoms with van der Waals surface area (Å²) in [6, 6.07) is 5.07. The molecule has 0 saturated heterocycles. The number of hydrogen-bond donors (Lipinski definition) is 1. The molecule has 0 bridgehead atoms. The van der Waals surface area contributed by atoms with Gasteiger partial charge in [0, 0.05) is 17.4 Å². The molecule has 2 rings (SSSR count). The minimum absolute atomic E-state index is 0.0381. The second-order valence-corrected chi connectivity index (χ2v) is 5.30. The number of ketones is 1. The smallest absolute Gasteiger partial charge is 0.179 e. The van der Waals surface area contributed by atoms with Crippen molar-refractivity contribution in [2.24, 2.45) is 0 Å². The maximum Gasteiger partial charge on any atom is 0.179 e. The molecule has 0 atom stereocenters. The number of carbonyl (C=O) groups is 1. The van der Waals surface area contributed by atoms with E-state index in [0.29, 0.717) is 18.1 Å². The maximum absolute atomic E-state index is 11.4. The van der Waals surface area contributed by atoms with Gasteiger partial charge in [-0.1, -0.05) is 0 Å². The van der Waals surface area contributed by atoms with Crippen LogP contribution in [0, 0.1) is 6.92 Å². The Hall–Kier alpha value is -1.88. The molecule has 19 heavy (non-hydrogen) atoms. The highest BCUT2D eigenvalue weighted by molar-refractivity contribution is 7.15. The van der Waals surface area contributed by atoms with Crippen LogP contribution >= 0.6 is 11.3 Å². The van der Waals surface area contributed by atoms with E-state index in [0.717, 1.165) is 15.4 Å². The Morgan fingerprint density at radius 3 is 2.79 bits per heavy atom. The Labute approximate surface area is 115 Å². The summed E-state index contributed by atoms with van der Waals surface area (Å²) in [6.45, 7) is 5.72. The molecule has 2 aromatic rings. The van der Waals surface area contributed by atoms with E-state index in [2.05, 4.69) is 4.98 Å². The molecular formula is C14H15NO3S. The van der Waals surface area contributed by atoms with Crippen molar-refractivity contribution in [3.8, 4) is 22.1 Å². The van der Waals surface area contributed by atoms with Gasteiger partial charge >= 0.3 is 0 Å². The third kappa shape index (κ3) is 2.76. The Morgan fingerprint density at radius 1 is 1.47 bits per heavy atom. The van der Waals surface area contributed by atoms with Gasteiger partial charge in [0.2, 0.25) is 0 Å². The molecule has 0 saturated carbocycles. The van der Waals surface area contributed by atoms with Crippen molar-refractivity contribution in [1.29, 1.82) is 0 Å². The van der Waals surface area contributed by atoms with Crippen LogP contribution in [-0.2, 0) is 0 Å². The van der Waals surface area contributed by atoms with Gasteiger partial charge in [0.05, 0.1) is 6.61 Å². The minimum Gasteiger partial charge on any atom is -0.504 e. The quantitative estimate of drug-likeness (QED) is 0.870. The van der Waals surface area contributed by atoms with E-state index in [1.807, 2.05) is 13.8 Å². The highest BCUT2D eigenvalue weighted by Gasteiger charge is 2.14. The van der Waals surface area contributed by atoms with E-state index in [-0.39, 0.29) is 11.5 Å². The standard InChI is InChI=1S/C14H15NO3S/c1-4-18-12-7-10(5-6-11(12)17)14-15-13(8(2)16)9(3)19-14/h5-7,17H,4H2,1-3H3. The second-order valence-electron chi connectivity index (χ2n) is 4.10. The Balaban J connectivity index is 2.44. The van der Waals surface area contributed by atoms with Gasteiger partial charge in [0.25, 0.3) is 0 Å². The first-order chi connectivity index (χ1) is 9.02. The van der Waals surface area contributed by atoms with E-state index in [1.54, 1.807) is 18.2 Å². The first-order valence-electron chi connectivity index (χ1n) is 5.97. The Morgan fingerprint density at radius 2 is 2.21 bits per heavy atom. The summed E-state index contributed by atoms with van der Waals surface area (Å²) >= 11 is 1.46. The van der Waals surface area contributed by atoms with Crippen molar-refractivity contribution in [3.05, 3.63) is 28.8 Å². The topological polar surface area (TPSA) is 59.4 Å². The molecule has 1 aromatic heterocycles. The lowest BCUT2D eigenvalue weighted by Crippen LogP contribution is -1.94. The second kappa shape index (κ2) is 5.40. The molecule has 100 valence electrons. The molecule has 0 unspecified atom stereocenters. The van der Waals surface area contributed by atoms with Gasteiger partial charge in [-0.05, 0) is 32.0 Å². The summed E-state index contributed by atoms with van der Waals surface area (Å²) in [5, 5.41) is 10.4.